The monoisotopic (exact) mass is 531 g/mol. The van der Waals surface area contributed by atoms with Crippen molar-refractivity contribution in [1.29, 1.82) is 0 Å². The van der Waals surface area contributed by atoms with Gasteiger partial charge in [0, 0.05) is 20.7 Å². The Morgan fingerprint density at radius 2 is 1.73 bits per heavy atom. The predicted octanol–water partition coefficient (Wildman–Crippen LogP) is 3.31. The molecule has 11 nitrogen and oxygen atoms in total. The van der Waals surface area contributed by atoms with Gasteiger partial charge in [-0.1, -0.05) is 0 Å². The average Bonchev–Trinajstić information content (AvgIpc) is 3.19. The van der Waals surface area contributed by atoms with Gasteiger partial charge in [0.25, 0.3) is 5.91 Å². The molecule has 12 heteroatoms. The highest BCUT2D eigenvalue weighted by molar-refractivity contribution is 9.10. The van der Waals surface area contributed by atoms with E-state index in [-0.39, 0.29) is 41.2 Å². The van der Waals surface area contributed by atoms with E-state index in [4.69, 9.17) is 19.9 Å². The van der Waals surface area contributed by atoms with Gasteiger partial charge in [-0.2, -0.15) is 5.10 Å². The molecule has 33 heavy (non-hydrogen) atoms. The minimum absolute atomic E-state index is 0.0439. The number of hydrogen-bond acceptors (Lipinski definition) is 7. The van der Waals surface area contributed by atoms with Gasteiger partial charge in [0.05, 0.1) is 18.7 Å². The van der Waals surface area contributed by atoms with Gasteiger partial charge in [-0.25, -0.2) is 14.3 Å². The van der Waals surface area contributed by atoms with Crippen molar-refractivity contribution in [1.82, 2.24) is 14.7 Å². The second-order valence-corrected chi connectivity index (χ2v) is 10.7. The van der Waals surface area contributed by atoms with Crippen LogP contribution in [-0.4, -0.2) is 77.3 Å². The summed E-state index contributed by atoms with van der Waals surface area (Å²) >= 11 is 3.28. The molecule has 2 heterocycles. The molecule has 1 aromatic rings. The van der Waals surface area contributed by atoms with Gasteiger partial charge in [-0.15, -0.1) is 0 Å². The Hall–Kier alpha value is -2.34. The van der Waals surface area contributed by atoms with Crippen LogP contribution in [0.3, 0.4) is 0 Å². The van der Waals surface area contributed by atoms with Crippen molar-refractivity contribution < 1.29 is 28.6 Å². The zero-order valence-corrected chi connectivity index (χ0v) is 22.1. The summed E-state index contributed by atoms with van der Waals surface area (Å²) in [5, 5.41) is 4.44. The van der Waals surface area contributed by atoms with Crippen LogP contribution < -0.4 is 10.6 Å². The molecule has 2 N–H and O–H groups in total. The average molecular weight is 532 g/mol. The topological polar surface area (TPSA) is 129 Å². The molecule has 0 saturated carbocycles. The molecule has 1 aromatic heterocycles. The smallest absolute Gasteiger partial charge is 0.415 e. The molecular weight excluding hydrogens is 498 g/mol. The van der Waals surface area contributed by atoms with Crippen LogP contribution in [0.15, 0.2) is 4.60 Å². The number of nitrogens with zero attached hydrogens (tertiary/aromatic N) is 4. The quantitative estimate of drug-likeness (QED) is 0.616. The molecule has 0 aromatic carbocycles. The van der Waals surface area contributed by atoms with Crippen molar-refractivity contribution >= 4 is 39.8 Å². The lowest BCUT2D eigenvalue weighted by molar-refractivity contribution is 0.0145. The Morgan fingerprint density at radius 3 is 2.21 bits per heavy atom. The number of likely N-dealkylation sites (tertiary alicyclic amines) is 1. The standard InChI is InChI=1S/C21H34BrN5O6/c1-20(2,3)32-18(29)25(7)17-14(16(23)28)15(22)24-27(17)12-9-13(11-31-8)26(10-12)19(30)33-21(4,5)6/h12-13H,9-11H2,1-8H3,(H2,23,28)/t12-,13+/m0/s1. The number of anilines is 1. The zero-order chi connectivity index (χ0) is 25.3. The highest BCUT2D eigenvalue weighted by Crippen LogP contribution is 2.36. The SMILES string of the molecule is COC[C@H]1C[C@H](n2nc(Br)c(C(N)=O)c2N(C)C(=O)OC(C)(C)C)CN1C(=O)OC(C)(C)C. The molecule has 0 aliphatic carbocycles. The van der Waals surface area contributed by atoms with Crippen molar-refractivity contribution in [3.63, 3.8) is 0 Å². The summed E-state index contributed by atoms with van der Waals surface area (Å²) in [4.78, 5) is 40.6. The normalized spacial score (nSPS) is 18.9. The molecule has 186 valence electrons. The number of hydrogen-bond donors (Lipinski definition) is 1. The highest BCUT2D eigenvalue weighted by atomic mass is 79.9. The van der Waals surface area contributed by atoms with Crippen LogP contribution in [0, 0.1) is 0 Å². The summed E-state index contributed by atoms with van der Waals surface area (Å²) in [5.41, 5.74) is 4.24. The fraction of sp³-hybridized carbons (Fsp3) is 0.714. The van der Waals surface area contributed by atoms with Crippen LogP contribution in [-0.2, 0) is 14.2 Å². The first-order valence-electron chi connectivity index (χ1n) is 10.6. The van der Waals surface area contributed by atoms with Crippen LogP contribution in [0.2, 0.25) is 0 Å². The lowest BCUT2D eigenvalue weighted by Gasteiger charge is -2.28. The Kier molecular flexibility index (Phi) is 8.06. The van der Waals surface area contributed by atoms with Crippen molar-refractivity contribution in [2.75, 3.05) is 32.2 Å². The number of nitrogens with two attached hydrogens (primary N) is 1. The molecule has 1 saturated heterocycles. The number of methoxy groups -OCH3 is 1. The van der Waals surface area contributed by atoms with E-state index in [1.165, 1.54) is 16.6 Å². The molecule has 3 amide bonds. The van der Waals surface area contributed by atoms with E-state index < -0.39 is 29.3 Å². The largest absolute Gasteiger partial charge is 0.444 e. The van der Waals surface area contributed by atoms with Gasteiger partial charge >= 0.3 is 12.2 Å². The molecular formula is C21H34BrN5O6. The number of amides is 3. The van der Waals surface area contributed by atoms with Gasteiger partial charge in [0.1, 0.15) is 21.4 Å². The zero-order valence-electron chi connectivity index (χ0n) is 20.5. The molecule has 1 fully saturated rings. The van der Waals surface area contributed by atoms with E-state index in [0.29, 0.717) is 6.42 Å². The van der Waals surface area contributed by atoms with Crippen molar-refractivity contribution in [3.8, 4) is 0 Å². The van der Waals surface area contributed by atoms with Crippen molar-refractivity contribution in [2.24, 2.45) is 5.73 Å². The summed E-state index contributed by atoms with van der Waals surface area (Å²) < 4.78 is 18.1. The fourth-order valence-corrected chi connectivity index (χ4v) is 4.11. The molecule has 0 unspecified atom stereocenters. The van der Waals surface area contributed by atoms with Gasteiger partial charge in [0.15, 0.2) is 5.82 Å². The number of halogens is 1. The summed E-state index contributed by atoms with van der Waals surface area (Å²) in [7, 11) is 3.03. The number of ether oxygens (including phenoxy) is 3. The van der Waals surface area contributed by atoms with E-state index in [1.807, 2.05) is 0 Å². The van der Waals surface area contributed by atoms with Crippen LogP contribution in [0.4, 0.5) is 15.4 Å². The lowest BCUT2D eigenvalue weighted by atomic mass is 10.2. The van der Waals surface area contributed by atoms with Crippen LogP contribution in [0.25, 0.3) is 0 Å². The summed E-state index contributed by atoms with van der Waals surface area (Å²) in [6.45, 7) is 11.1. The first-order valence-corrected chi connectivity index (χ1v) is 11.4. The van der Waals surface area contributed by atoms with E-state index in [0.717, 1.165) is 0 Å². The van der Waals surface area contributed by atoms with E-state index in [1.54, 1.807) is 53.6 Å². The molecule has 0 spiro atoms. The minimum Gasteiger partial charge on any atom is -0.444 e. The molecule has 2 atom stereocenters. The predicted molar refractivity (Wildman–Crippen MR) is 125 cm³/mol. The number of aromatic nitrogens is 2. The maximum absolute atomic E-state index is 12.8. The maximum Gasteiger partial charge on any atom is 0.415 e. The highest BCUT2D eigenvalue weighted by Gasteiger charge is 2.41. The minimum atomic E-state index is -0.756. The number of rotatable bonds is 5. The Bertz CT molecular complexity index is 904. The number of carbonyl (C=O) groups is 3. The molecule has 2 rings (SSSR count). The Balaban J connectivity index is 2.47. The molecule has 0 bridgehead atoms. The van der Waals surface area contributed by atoms with Crippen molar-refractivity contribution in [3.05, 3.63) is 10.2 Å². The van der Waals surface area contributed by atoms with Crippen LogP contribution in [0.1, 0.15) is 64.4 Å². The first kappa shape index (κ1) is 26.9. The second-order valence-electron chi connectivity index (χ2n) is 9.97. The third-order valence-electron chi connectivity index (χ3n) is 4.80. The van der Waals surface area contributed by atoms with Crippen molar-refractivity contribution in [2.45, 2.75) is 71.2 Å². The second kappa shape index (κ2) is 9.88. The number of carbonyl (C=O) groups excluding carboxylic acids is 3. The summed E-state index contributed by atoms with van der Waals surface area (Å²) in [5.74, 6) is -0.579. The molecule has 1 aliphatic rings. The van der Waals surface area contributed by atoms with Crippen LogP contribution >= 0.6 is 15.9 Å². The lowest BCUT2D eigenvalue weighted by Crippen LogP contribution is -2.41. The van der Waals surface area contributed by atoms with Gasteiger partial charge < -0.3 is 24.8 Å². The van der Waals surface area contributed by atoms with Gasteiger partial charge in [-0.05, 0) is 63.9 Å². The van der Waals surface area contributed by atoms with Gasteiger partial charge in [0.2, 0.25) is 0 Å². The van der Waals surface area contributed by atoms with E-state index in [2.05, 4.69) is 21.0 Å². The third-order valence-corrected chi connectivity index (χ3v) is 5.35. The van der Waals surface area contributed by atoms with Gasteiger partial charge in [-0.3, -0.25) is 9.69 Å². The first-order chi connectivity index (χ1) is 15.1. The van der Waals surface area contributed by atoms with Crippen LogP contribution in [0.5, 0.6) is 0 Å². The third kappa shape index (κ3) is 6.59. The fourth-order valence-electron chi connectivity index (χ4n) is 3.57. The van der Waals surface area contributed by atoms with E-state index in [9.17, 15) is 14.4 Å². The molecule has 0 radical (unpaired) electrons. The molecule has 1 aliphatic heterocycles. The summed E-state index contributed by atoms with van der Waals surface area (Å²) in [6.07, 6.45) is -0.682. The number of primary amides is 1. The Morgan fingerprint density at radius 1 is 1.15 bits per heavy atom. The maximum atomic E-state index is 12.8. The van der Waals surface area contributed by atoms with E-state index >= 15 is 0 Å². The Labute approximate surface area is 202 Å². The summed E-state index contributed by atoms with van der Waals surface area (Å²) in [6, 6.07) is -0.656.